The van der Waals surface area contributed by atoms with Crippen LogP contribution < -0.4 is 5.73 Å². The third-order valence-electron chi connectivity index (χ3n) is 3.07. The second-order valence-corrected chi connectivity index (χ2v) is 4.66. The molecule has 0 saturated heterocycles. The fourth-order valence-corrected chi connectivity index (χ4v) is 2.03. The SMILES string of the molecule is NC1(c2ccc(-n3nccc3Cl)cc2)CC1. The van der Waals surface area contributed by atoms with Gasteiger partial charge in [0.1, 0.15) is 5.15 Å². The minimum Gasteiger partial charge on any atom is -0.321 e. The van der Waals surface area contributed by atoms with E-state index in [2.05, 4.69) is 17.2 Å². The van der Waals surface area contributed by atoms with Gasteiger partial charge in [-0.2, -0.15) is 5.10 Å². The molecule has 0 aliphatic heterocycles. The van der Waals surface area contributed by atoms with Crippen LogP contribution in [0.25, 0.3) is 5.69 Å². The molecule has 2 aromatic rings. The molecule has 0 radical (unpaired) electrons. The predicted octanol–water partition coefficient (Wildman–Crippen LogP) is 2.47. The number of nitrogens with zero attached hydrogens (tertiary/aromatic N) is 2. The lowest BCUT2D eigenvalue weighted by atomic mass is 10.1. The molecule has 82 valence electrons. The topological polar surface area (TPSA) is 43.8 Å². The molecular formula is C12H12ClN3. The zero-order valence-corrected chi connectivity index (χ0v) is 9.48. The van der Waals surface area contributed by atoms with Crippen LogP contribution in [0, 0.1) is 0 Å². The number of hydrogen-bond donors (Lipinski definition) is 1. The molecule has 0 atom stereocenters. The highest BCUT2D eigenvalue weighted by Gasteiger charge is 2.39. The summed E-state index contributed by atoms with van der Waals surface area (Å²) in [6.07, 6.45) is 3.84. The molecule has 1 aliphatic carbocycles. The Morgan fingerprint density at radius 3 is 2.38 bits per heavy atom. The van der Waals surface area contributed by atoms with Crippen LogP contribution in [-0.4, -0.2) is 9.78 Å². The molecule has 16 heavy (non-hydrogen) atoms. The molecule has 1 fully saturated rings. The lowest BCUT2D eigenvalue weighted by Crippen LogP contribution is -2.18. The number of nitrogens with two attached hydrogens (primary N) is 1. The Kier molecular flexibility index (Phi) is 2.06. The summed E-state index contributed by atoms with van der Waals surface area (Å²) < 4.78 is 1.70. The quantitative estimate of drug-likeness (QED) is 0.866. The smallest absolute Gasteiger partial charge is 0.132 e. The first-order valence-electron chi connectivity index (χ1n) is 5.28. The van der Waals surface area contributed by atoms with Crippen LogP contribution >= 0.6 is 11.6 Å². The van der Waals surface area contributed by atoms with Gasteiger partial charge in [0.25, 0.3) is 0 Å². The third-order valence-corrected chi connectivity index (χ3v) is 3.36. The van der Waals surface area contributed by atoms with Gasteiger partial charge in [-0.05, 0) is 36.6 Å². The summed E-state index contributed by atoms with van der Waals surface area (Å²) in [7, 11) is 0. The lowest BCUT2D eigenvalue weighted by Gasteiger charge is -2.10. The Hall–Kier alpha value is -1.32. The van der Waals surface area contributed by atoms with Crippen molar-refractivity contribution in [1.82, 2.24) is 9.78 Å². The van der Waals surface area contributed by atoms with Crippen molar-refractivity contribution in [2.45, 2.75) is 18.4 Å². The molecule has 0 unspecified atom stereocenters. The van der Waals surface area contributed by atoms with Crippen molar-refractivity contribution in [2.75, 3.05) is 0 Å². The van der Waals surface area contributed by atoms with Crippen molar-refractivity contribution < 1.29 is 0 Å². The molecule has 1 heterocycles. The molecule has 1 aliphatic rings. The minimum atomic E-state index is -0.0769. The number of aromatic nitrogens is 2. The summed E-state index contributed by atoms with van der Waals surface area (Å²) in [6.45, 7) is 0. The maximum absolute atomic E-state index is 6.12. The van der Waals surface area contributed by atoms with Crippen LogP contribution in [0.4, 0.5) is 0 Å². The number of benzene rings is 1. The summed E-state index contributed by atoms with van der Waals surface area (Å²) in [5, 5.41) is 4.76. The highest BCUT2D eigenvalue weighted by molar-refractivity contribution is 6.29. The van der Waals surface area contributed by atoms with Crippen LogP contribution in [0.1, 0.15) is 18.4 Å². The van der Waals surface area contributed by atoms with Crippen molar-refractivity contribution in [1.29, 1.82) is 0 Å². The molecule has 0 amide bonds. The van der Waals surface area contributed by atoms with Gasteiger partial charge < -0.3 is 5.73 Å². The molecule has 3 rings (SSSR count). The van der Waals surface area contributed by atoms with E-state index >= 15 is 0 Å². The van der Waals surface area contributed by atoms with E-state index in [0.717, 1.165) is 18.5 Å². The average Bonchev–Trinajstić information content (AvgIpc) is 2.90. The molecule has 1 saturated carbocycles. The third kappa shape index (κ3) is 1.52. The number of halogens is 1. The van der Waals surface area contributed by atoms with Gasteiger partial charge in [-0.15, -0.1) is 0 Å². The minimum absolute atomic E-state index is 0.0769. The number of hydrogen-bond acceptors (Lipinski definition) is 2. The van der Waals surface area contributed by atoms with E-state index in [4.69, 9.17) is 17.3 Å². The Morgan fingerprint density at radius 1 is 1.19 bits per heavy atom. The molecular weight excluding hydrogens is 222 g/mol. The van der Waals surface area contributed by atoms with E-state index in [1.54, 1.807) is 16.9 Å². The molecule has 4 heteroatoms. The van der Waals surface area contributed by atoms with Crippen LogP contribution in [0.2, 0.25) is 5.15 Å². The van der Waals surface area contributed by atoms with Crippen molar-refractivity contribution in [2.24, 2.45) is 5.73 Å². The van der Waals surface area contributed by atoms with E-state index in [1.807, 2.05) is 12.1 Å². The van der Waals surface area contributed by atoms with E-state index in [0.29, 0.717) is 5.15 Å². The van der Waals surface area contributed by atoms with Crippen molar-refractivity contribution >= 4 is 11.6 Å². The van der Waals surface area contributed by atoms with E-state index in [1.165, 1.54) is 5.56 Å². The van der Waals surface area contributed by atoms with Gasteiger partial charge in [0.2, 0.25) is 0 Å². The highest BCUT2D eigenvalue weighted by Crippen LogP contribution is 2.42. The van der Waals surface area contributed by atoms with Gasteiger partial charge in [0, 0.05) is 5.54 Å². The molecule has 0 bridgehead atoms. The van der Waals surface area contributed by atoms with Gasteiger partial charge in [-0.3, -0.25) is 0 Å². The van der Waals surface area contributed by atoms with Gasteiger partial charge in [0.05, 0.1) is 11.9 Å². The second-order valence-electron chi connectivity index (χ2n) is 4.27. The van der Waals surface area contributed by atoms with Crippen LogP contribution in [-0.2, 0) is 5.54 Å². The molecule has 1 aromatic carbocycles. The first-order valence-corrected chi connectivity index (χ1v) is 5.66. The molecule has 0 spiro atoms. The Balaban J connectivity index is 1.96. The normalized spacial score (nSPS) is 17.4. The Morgan fingerprint density at radius 2 is 1.88 bits per heavy atom. The van der Waals surface area contributed by atoms with Gasteiger partial charge >= 0.3 is 0 Å². The monoisotopic (exact) mass is 233 g/mol. The van der Waals surface area contributed by atoms with E-state index in [9.17, 15) is 0 Å². The van der Waals surface area contributed by atoms with Crippen LogP contribution in [0.3, 0.4) is 0 Å². The highest BCUT2D eigenvalue weighted by atomic mass is 35.5. The first-order chi connectivity index (χ1) is 7.69. The van der Waals surface area contributed by atoms with Crippen molar-refractivity contribution in [3.63, 3.8) is 0 Å². The van der Waals surface area contributed by atoms with Crippen LogP contribution in [0.15, 0.2) is 36.5 Å². The van der Waals surface area contributed by atoms with E-state index < -0.39 is 0 Å². The summed E-state index contributed by atoms with van der Waals surface area (Å²) in [4.78, 5) is 0. The van der Waals surface area contributed by atoms with Crippen molar-refractivity contribution in [3.05, 3.63) is 47.2 Å². The fraction of sp³-hybridized carbons (Fsp3) is 0.250. The number of rotatable bonds is 2. The van der Waals surface area contributed by atoms with Gasteiger partial charge in [0.15, 0.2) is 0 Å². The van der Waals surface area contributed by atoms with Gasteiger partial charge in [-0.1, -0.05) is 23.7 Å². The zero-order valence-electron chi connectivity index (χ0n) is 8.73. The fourth-order valence-electron chi connectivity index (χ4n) is 1.84. The first kappa shape index (κ1) is 9.87. The maximum Gasteiger partial charge on any atom is 0.132 e. The predicted molar refractivity (Wildman–Crippen MR) is 63.7 cm³/mol. The van der Waals surface area contributed by atoms with Crippen molar-refractivity contribution in [3.8, 4) is 5.69 Å². The summed E-state index contributed by atoms with van der Waals surface area (Å²) in [5.74, 6) is 0. The zero-order chi connectivity index (χ0) is 11.2. The second kappa shape index (κ2) is 3.34. The Labute approximate surface area is 98.8 Å². The summed E-state index contributed by atoms with van der Waals surface area (Å²) in [6, 6.07) is 9.88. The molecule has 2 N–H and O–H groups in total. The maximum atomic E-state index is 6.12. The lowest BCUT2D eigenvalue weighted by molar-refractivity contribution is 0.739. The molecule has 3 nitrogen and oxygen atoms in total. The summed E-state index contributed by atoms with van der Waals surface area (Å²) >= 11 is 5.99. The Bertz CT molecular complexity index is 511. The van der Waals surface area contributed by atoms with E-state index in [-0.39, 0.29) is 5.54 Å². The summed E-state index contributed by atoms with van der Waals surface area (Å²) in [5.41, 5.74) is 8.20. The standard InChI is InChI=1S/C12H12ClN3/c13-11-5-8-15-16(11)10-3-1-9(2-4-10)12(14)6-7-12/h1-5,8H,6-7,14H2. The molecule has 1 aromatic heterocycles. The average molecular weight is 234 g/mol. The largest absolute Gasteiger partial charge is 0.321 e. The van der Waals surface area contributed by atoms with Crippen LogP contribution in [0.5, 0.6) is 0 Å². The van der Waals surface area contributed by atoms with Gasteiger partial charge in [-0.25, -0.2) is 4.68 Å².